The topological polar surface area (TPSA) is 20.7 Å². The Hall–Kier alpha value is -0.220. The Morgan fingerprint density at radius 3 is 2.27 bits per heavy atom. The molecule has 1 aromatic heterocycles. The number of H-pyrrole nitrogens is 1. The number of nitrogens with one attached hydrogen (secondary N) is 1. The molecule has 11 heavy (non-hydrogen) atoms. The van der Waals surface area contributed by atoms with E-state index in [0.717, 1.165) is 10.2 Å². The van der Waals surface area contributed by atoms with E-state index in [-0.39, 0.29) is 0 Å². The third-order valence-corrected chi connectivity index (χ3v) is 2.42. The molecular weight excluding hydrogens is 176 g/mol. The van der Waals surface area contributed by atoms with Gasteiger partial charge in [-0.15, -0.1) is 0 Å². The molecule has 0 bridgehead atoms. The molecule has 0 atom stereocenters. The Labute approximate surface area is 77.1 Å². The molecule has 1 aromatic rings. The summed E-state index contributed by atoms with van der Waals surface area (Å²) in [5.74, 6) is 0.459. The highest BCUT2D eigenvalue weighted by atomic mass is 32.1. The number of aromatic nitrogens is 2. The molecule has 1 heterocycles. The van der Waals surface area contributed by atoms with Crippen LogP contribution in [0.25, 0.3) is 0 Å². The van der Waals surface area contributed by atoms with E-state index in [1.165, 1.54) is 5.69 Å². The van der Waals surface area contributed by atoms with Crippen molar-refractivity contribution < 1.29 is 0 Å². The molecule has 1 N–H and O–H groups in total. The van der Waals surface area contributed by atoms with E-state index >= 15 is 0 Å². The average Bonchev–Trinajstić information content (AvgIpc) is 2.07. The summed E-state index contributed by atoms with van der Waals surface area (Å²) >= 11 is 9.28. The summed E-state index contributed by atoms with van der Waals surface area (Å²) < 4.78 is 2.48. The van der Waals surface area contributed by atoms with Crippen LogP contribution < -0.4 is 0 Å². The molecule has 62 valence electrons. The van der Waals surface area contributed by atoms with Gasteiger partial charge in [0.25, 0.3) is 0 Å². The van der Waals surface area contributed by atoms with Crippen LogP contribution in [0.5, 0.6) is 0 Å². The zero-order valence-electron chi connectivity index (χ0n) is 6.88. The molecule has 0 saturated heterocycles. The predicted molar refractivity (Wildman–Crippen MR) is 52.8 cm³/mol. The van der Waals surface area contributed by atoms with Crippen LogP contribution in [0.1, 0.15) is 31.0 Å². The summed E-state index contributed by atoms with van der Waals surface area (Å²) in [4.78, 5) is 0. The van der Waals surface area contributed by atoms with Crippen LogP contribution in [-0.4, -0.2) is 9.19 Å². The second-order valence-electron chi connectivity index (χ2n) is 2.92. The van der Waals surface area contributed by atoms with Gasteiger partial charge in [-0.3, -0.25) is 5.10 Å². The van der Waals surface area contributed by atoms with Crippen LogP contribution >= 0.6 is 25.0 Å². The number of aromatic amines is 1. The van der Waals surface area contributed by atoms with Crippen LogP contribution in [0.2, 0.25) is 0 Å². The zero-order valence-corrected chi connectivity index (χ0v) is 8.59. The van der Waals surface area contributed by atoms with Crippen LogP contribution in [0.3, 0.4) is 0 Å². The fourth-order valence-corrected chi connectivity index (χ4v) is 1.94. The van der Waals surface area contributed by atoms with Crippen LogP contribution in [0.15, 0.2) is 0 Å². The van der Waals surface area contributed by atoms with Gasteiger partial charge in [-0.05, 0) is 25.7 Å². The van der Waals surface area contributed by atoms with Crippen molar-refractivity contribution in [3.05, 3.63) is 15.9 Å². The summed E-state index contributed by atoms with van der Waals surface area (Å²) in [5.41, 5.74) is 2.29. The molecule has 0 saturated carbocycles. The zero-order chi connectivity index (χ0) is 8.59. The predicted octanol–water partition coefficient (Wildman–Crippen LogP) is 2.67. The SMILES string of the molecule is Cc1c(C(C)C)n(S)[nH]c1=S. The van der Waals surface area contributed by atoms with Crippen LogP contribution in [0, 0.1) is 11.6 Å². The lowest BCUT2D eigenvalue weighted by atomic mass is 10.1. The third kappa shape index (κ3) is 1.51. The van der Waals surface area contributed by atoms with Crippen molar-refractivity contribution in [1.82, 2.24) is 9.19 Å². The molecule has 0 fully saturated rings. The first-order chi connectivity index (χ1) is 5.04. The van der Waals surface area contributed by atoms with Gasteiger partial charge in [0, 0.05) is 5.56 Å². The molecule has 0 radical (unpaired) electrons. The second kappa shape index (κ2) is 3.03. The summed E-state index contributed by atoms with van der Waals surface area (Å²) in [6.07, 6.45) is 0. The first-order valence-corrected chi connectivity index (χ1v) is 4.35. The lowest BCUT2D eigenvalue weighted by molar-refractivity contribution is 0.783. The number of hydrogen-bond donors (Lipinski definition) is 2. The van der Waals surface area contributed by atoms with Gasteiger partial charge in [0.2, 0.25) is 0 Å². The first-order valence-electron chi connectivity index (χ1n) is 3.54. The summed E-state index contributed by atoms with van der Waals surface area (Å²) in [6, 6.07) is 0. The number of rotatable bonds is 1. The molecule has 0 aliphatic carbocycles. The summed E-state index contributed by atoms with van der Waals surface area (Å²) in [5, 5.41) is 2.95. The standard InChI is InChI=1S/C7H12N2S2/c1-4(2)6-5(3)7(10)8-9(6)11/h4,11H,1-3H3,(H,8,10). The minimum Gasteiger partial charge on any atom is -0.278 e. The lowest BCUT2D eigenvalue weighted by Crippen LogP contribution is -1.96. The molecular formula is C7H12N2S2. The Kier molecular flexibility index (Phi) is 2.44. The van der Waals surface area contributed by atoms with Gasteiger partial charge in [0.05, 0.1) is 5.69 Å². The minimum atomic E-state index is 0.459. The van der Waals surface area contributed by atoms with E-state index in [1.54, 1.807) is 4.09 Å². The van der Waals surface area contributed by atoms with Gasteiger partial charge in [-0.25, -0.2) is 4.09 Å². The highest BCUT2D eigenvalue weighted by Crippen LogP contribution is 2.19. The first kappa shape index (κ1) is 8.87. The highest BCUT2D eigenvalue weighted by molar-refractivity contribution is 7.78. The Bertz CT molecular complexity index is 309. The maximum Gasteiger partial charge on any atom is 0.123 e. The average molecular weight is 188 g/mol. The van der Waals surface area contributed by atoms with Crippen molar-refractivity contribution >= 4 is 25.0 Å². The Morgan fingerprint density at radius 1 is 1.55 bits per heavy atom. The number of nitrogens with zero attached hydrogens (tertiary/aromatic N) is 1. The molecule has 4 heteroatoms. The molecule has 0 aromatic carbocycles. The largest absolute Gasteiger partial charge is 0.278 e. The van der Waals surface area contributed by atoms with E-state index in [1.807, 2.05) is 6.92 Å². The fraction of sp³-hybridized carbons (Fsp3) is 0.571. The Balaban J connectivity index is 3.34. The highest BCUT2D eigenvalue weighted by Gasteiger charge is 2.09. The number of thiol groups is 1. The van der Waals surface area contributed by atoms with Crippen molar-refractivity contribution in [2.24, 2.45) is 0 Å². The molecule has 0 aliphatic heterocycles. The van der Waals surface area contributed by atoms with Gasteiger partial charge < -0.3 is 0 Å². The summed E-state index contributed by atoms with van der Waals surface area (Å²) in [7, 11) is 0. The lowest BCUT2D eigenvalue weighted by Gasteiger charge is -2.05. The molecule has 0 amide bonds. The van der Waals surface area contributed by atoms with Gasteiger partial charge in [-0.2, -0.15) is 0 Å². The summed E-state index contributed by atoms with van der Waals surface area (Å²) in [6.45, 7) is 6.26. The maximum absolute atomic E-state index is 5.06. The monoisotopic (exact) mass is 188 g/mol. The van der Waals surface area contributed by atoms with Gasteiger partial charge >= 0.3 is 0 Å². The normalized spacial score (nSPS) is 11.0. The minimum absolute atomic E-state index is 0.459. The fourth-order valence-electron chi connectivity index (χ4n) is 1.19. The van der Waals surface area contributed by atoms with Crippen LogP contribution in [-0.2, 0) is 0 Å². The van der Waals surface area contributed by atoms with E-state index in [9.17, 15) is 0 Å². The number of hydrogen-bond acceptors (Lipinski definition) is 2. The van der Waals surface area contributed by atoms with Crippen molar-refractivity contribution in [2.45, 2.75) is 26.7 Å². The molecule has 0 unspecified atom stereocenters. The van der Waals surface area contributed by atoms with Crippen molar-refractivity contribution in [3.8, 4) is 0 Å². The Morgan fingerprint density at radius 2 is 2.09 bits per heavy atom. The van der Waals surface area contributed by atoms with E-state index < -0.39 is 0 Å². The maximum atomic E-state index is 5.06. The van der Waals surface area contributed by atoms with Gasteiger partial charge in [0.1, 0.15) is 4.64 Å². The van der Waals surface area contributed by atoms with E-state index in [4.69, 9.17) is 12.2 Å². The van der Waals surface area contributed by atoms with E-state index in [0.29, 0.717) is 5.92 Å². The molecule has 0 spiro atoms. The smallest absolute Gasteiger partial charge is 0.123 e. The van der Waals surface area contributed by atoms with E-state index in [2.05, 4.69) is 31.8 Å². The third-order valence-electron chi connectivity index (χ3n) is 1.71. The second-order valence-corrected chi connectivity index (χ2v) is 3.73. The van der Waals surface area contributed by atoms with Gasteiger partial charge in [-0.1, -0.05) is 26.1 Å². The van der Waals surface area contributed by atoms with Crippen molar-refractivity contribution in [1.29, 1.82) is 0 Å². The molecule has 1 rings (SSSR count). The van der Waals surface area contributed by atoms with Crippen molar-refractivity contribution in [2.75, 3.05) is 0 Å². The van der Waals surface area contributed by atoms with Crippen molar-refractivity contribution in [3.63, 3.8) is 0 Å². The van der Waals surface area contributed by atoms with Gasteiger partial charge in [0.15, 0.2) is 0 Å². The molecule has 0 aliphatic rings. The molecule has 2 nitrogen and oxygen atoms in total. The quantitative estimate of drug-likeness (QED) is 0.513. The van der Waals surface area contributed by atoms with Crippen LogP contribution in [0.4, 0.5) is 0 Å².